The number of fused-ring (bicyclic) bond motifs is 1. The molecular formula is C21H21NO3. The van der Waals surface area contributed by atoms with Crippen molar-refractivity contribution in [2.75, 3.05) is 0 Å². The van der Waals surface area contributed by atoms with Gasteiger partial charge in [0.25, 0.3) is 0 Å². The van der Waals surface area contributed by atoms with Crippen LogP contribution in [0.5, 0.6) is 0 Å². The van der Waals surface area contributed by atoms with E-state index in [4.69, 9.17) is 0 Å². The Kier molecular flexibility index (Phi) is 4.70. The fourth-order valence-electron chi connectivity index (χ4n) is 3.07. The van der Waals surface area contributed by atoms with Crippen LogP contribution in [0.2, 0.25) is 0 Å². The Morgan fingerprint density at radius 1 is 1.04 bits per heavy atom. The van der Waals surface area contributed by atoms with E-state index in [2.05, 4.69) is 18.8 Å². The van der Waals surface area contributed by atoms with Gasteiger partial charge in [-0.3, -0.25) is 9.59 Å². The first-order valence-corrected chi connectivity index (χ1v) is 8.39. The van der Waals surface area contributed by atoms with Gasteiger partial charge in [-0.05, 0) is 23.1 Å². The molecule has 0 amide bonds. The van der Waals surface area contributed by atoms with Crippen molar-refractivity contribution in [1.82, 2.24) is 4.98 Å². The second-order valence-electron chi connectivity index (χ2n) is 6.58. The second-order valence-corrected chi connectivity index (χ2v) is 6.58. The number of carboxylic acid groups (broad SMARTS) is 1. The molecule has 1 heterocycles. The fourth-order valence-corrected chi connectivity index (χ4v) is 3.07. The lowest BCUT2D eigenvalue weighted by molar-refractivity contribution is -0.138. The normalized spacial score (nSPS) is 12.4. The summed E-state index contributed by atoms with van der Waals surface area (Å²) in [6.07, 6.45) is 1.64. The van der Waals surface area contributed by atoms with Crippen molar-refractivity contribution in [2.45, 2.75) is 32.1 Å². The van der Waals surface area contributed by atoms with Crippen LogP contribution in [-0.4, -0.2) is 21.8 Å². The van der Waals surface area contributed by atoms with Gasteiger partial charge >= 0.3 is 5.97 Å². The number of carboxylic acids is 1. The number of nitrogens with one attached hydrogen (secondary N) is 1. The predicted octanol–water partition coefficient (Wildman–Crippen LogP) is 4.73. The maximum absolute atomic E-state index is 12.6. The van der Waals surface area contributed by atoms with Crippen LogP contribution in [0.3, 0.4) is 0 Å². The maximum atomic E-state index is 12.6. The first-order valence-electron chi connectivity index (χ1n) is 8.39. The summed E-state index contributed by atoms with van der Waals surface area (Å²) in [6.45, 7) is 4.18. The number of hydrogen-bond acceptors (Lipinski definition) is 2. The number of ketones is 1. The molecule has 1 aromatic heterocycles. The van der Waals surface area contributed by atoms with Crippen LogP contribution in [0.15, 0.2) is 54.7 Å². The van der Waals surface area contributed by atoms with Crippen molar-refractivity contribution < 1.29 is 14.7 Å². The zero-order chi connectivity index (χ0) is 18.0. The molecule has 2 N–H and O–H groups in total. The number of Topliss-reactive ketones (excluding diaryl/α,β-unsaturated/α-hetero) is 1. The smallest absolute Gasteiger partial charge is 0.311 e. The lowest BCUT2D eigenvalue weighted by Crippen LogP contribution is -2.16. The molecule has 128 valence electrons. The molecule has 3 aromatic rings. The molecule has 0 aliphatic heterocycles. The van der Waals surface area contributed by atoms with Crippen LogP contribution < -0.4 is 0 Å². The maximum Gasteiger partial charge on any atom is 0.311 e. The summed E-state index contributed by atoms with van der Waals surface area (Å²) in [6, 6.07) is 14.9. The number of aliphatic carboxylic acids is 1. The summed E-state index contributed by atoms with van der Waals surface area (Å²) in [5.74, 6) is -1.62. The number of hydrogen-bond donors (Lipinski definition) is 2. The number of aromatic nitrogens is 1. The van der Waals surface area contributed by atoms with E-state index in [0.29, 0.717) is 17.0 Å². The zero-order valence-electron chi connectivity index (χ0n) is 14.3. The molecule has 0 bridgehead atoms. The third kappa shape index (κ3) is 3.48. The number of H-pyrrole nitrogens is 1. The zero-order valence-corrected chi connectivity index (χ0v) is 14.3. The highest BCUT2D eigenvalue weighted by molar-refractivity contribution is 6.00. The van der Waals surface area contributed by atoms with E-state index in [1.54, 1.807) is 18.3 Å². The number of benzene rings is 2. The number of carbonyl (C=O) groups is 2. The van der Waals surface area contributed by atoms with Crippen LogP contribution in [0.4, 0.5) is 0 Å². The molecule has 0 saturated heterocycles. The molecule has 0 fully saturated rings. The van der Waals surface area contributed by atoms with Crippen molar-refractivity contribution in [1.29, 1.82) is 0 Å². The van der Waals surface area contributed by atoms with E-state index in [0.717, 1.165) is 16.5 Å². The SMILES string of the molecule is CC(C)c1ccc(C(=O)CC(C(=O)O)c2c[nH]c3ccccc23)cc1. The van der Waals surface area contributed by atoms with Gasteiger partial charge in [0.2, 0.25) is 0 Å². The molecule has 25 heavy (non-hydrogen) atoms. The van der Waals surface area contributed by atoms with E-state index in [1.165, 1.54) is 0 Å². The van der Waals surface area contributed by atoms with Gasteiger partial charge in [-0.15, -0.1) is 0 Å². The van der Waals surface area contributed by atoms with E-state index in [1.807, 2.05) is 36.4 Å². The molecule has 1 unspecified atom stereocenters. The quantitative estimate of drug-likeness (QED) is 0.640. The number of rotatable bonds is 6. The second kappa shape index (κ2) is 6.93. The fraction of sp³-hybridized carbons (Fsp3) is 0.238. The highest BCUT2D eigenvalue weighted by Gasteiger charge is 2.26. The minimum Gasteiger partial charge on any atom is -0.481 e. The van der Waals surface area contributed by atoms with Gasteiger partial charge in [-0.25, -0.2) is 0 Å². The van der Waals surface area contributed by atoms with E-state index in [9.17, 15) is 14.7 Å². The molecule has 4 nitrogen and oxygen atoms in total. The third-order valence-electron chi connectivity index (χ3n) is 4.58. The van der Waals surface area contributed by atoms with E-state index < -0.39 is 11.9 Å². The first-order chi connectivity index (χ1) is 12.0. The highest BCUT2D eigenvalue weighted by atomic mass is 16.4. The Hall–Kier alpha value is -2.88. The van der Waals surface area contributed by atoms with Crippen molar-refractivity contribution in [3.05, 3.63) is 71.4 Å². The minimum absolute atomic E-state index is 0.0573. The van der Waals surface area contributed by atoms with E-state index >= 15 is 0 Å². The van der Waals surface area contributed by atoms with Crippen molar-refractivity contribution >= 4 is 22.7 Å². The van der Waals surface area contributed by atoms with Crippen LogP contribution >= 0.6 is 0 Å². The molecule has 2 aromatic carbocycles. The Balaban J connectivity index is 1.87. The van der Waals surface area contributed by atoms with Crippen LogP contribution in [0, 0.1) is 0 Å². The van der Waals surface area contributed by atoms with Gasteiger partial charge in [0.05, 0.1) is 5.92 Å². The molecule has 0 saturated carbocycles. The molecule has 0 spiro atoms. The molecule has 0 aliphatic rings. The van der Waals surface area contributed by atoms with Gasteiger partial charge in [-0.2, -0.15) is 0 Å². The number of carbonyl (C=O) groups excluding carboxylic acids is 1. The molecular weight excluding hydrogens is 314 g/mol. The lowest BCUT2D eigenvalue weighted by Gasteiger charge is -2.12. The molecule has 4 heteroatoms. The average molecular weight is 335 g/mol. The minimum atomic E-state index is -0.989. The number of para-hydroxylation sites is 1. The summed E-state index contributed by atoms with van der Waals surface area (Å²) < 4.78 is 0. The highest BCUT2D eigenvalue weighted by Crippen LogP contribution is 2.29. The summed E-state index contributed by atoms with van der Waals surface area (Å²) in [5.41, 5.74) is 3.23. The monoisotopic (exact) mass is 335 g/mol. The Labute approximate surface area is 146 Å². The summed E-state index contributed by atoms with van der Waals surface area (Å²) in [4.78, 5) is 27.5. The Bertz CT molecular complexity index is 906. The topological polar surface area (TPSA) is 70.2 Å². The lowest BCUT2D eigenvalue weighted by atomic mass is 9.90. The summed E-state index contributed by atoms with van der Waals surface area (Å²) in [7, 11) is 0. The van der Waals surface area contributed by atoms with Crippen LogP contribution in [0.25, 0.3) is 10.9 Å². The Morgan fingerprint density at radius 3 is 2.36 bits per heavy atom. The van der Waals surface area contributed by atoms with Crippen molar-refractivity contribution in [3.8, 4) is 0 Å². The van der Waals surface area contributed by atoms with Crippen molar-refractivity contribution in [3.63, 3.8) is 0 Å². The van der Waals surface area contributed by atoms with Gasteiger partial charge in [0, 0.05) is 29.1 Å². The number of aromatic amines is 1. The van der Waals surface area contributed by atoms with Crippen LogP contribution in [-0.2, 0) is 4.79 Å². The molecule has 3 rings (SSSR count). The van der Waals surface area contributed by atoms with Crippen LogP contribution in [0.1, 0.15) is 53.6 Å². The van der Waals surface area contributed by atoms with Crippen molar-refractivity contribution in [2.24, 2.45) is 0 Å². The molecule has 1 atom stereocenters. The first kappa shape index (κ1) is 17.0. The van der Waals surface area contributed by atoms with E-state index in [-0.39, 0.29) is 12.2 Å². The average Bonchev–Trinajstić information content (AvgIpc) is 3.03. The Morgan fingerprint density at radius 2 is 1.72 bits per heavy atom. The van der Waals surface area contributed by atoms with Gasteiger partial charge < -0.3 is 10.1 Å². The molecule has 0 radical (unpaired) electrons. The standard InChI is InChI=1S/C21H21NO3/c1-13(2)14-7-9-15(10-8-14)20(23)11-17(21(24)25)18-12-22-19-6-4-3-5-16(18)19/h3-10,12-13,17,22H,11H2,1-2H3,(H,24,25). The molecule has 0 aliphatic carbocycles. The largest absolute Gasteiger partial charge is 0.481 e. The summed E-state index contributed by atoms with van der Waals surface area (Å²) in [5, 5.41) is 10.5. The van der Waals surface area contributed by atoms with Gasteiger partial charge in [0.15, 0.2) is 5.78 Å². The van der Waals surface area contributed by atoms with Gasteiger partial charge in [0.1, 0.15) is 0 Å². The third-order valence-corrected chi connectivity index (χ3v) is 4.58. The predicted molar refractivity (Wildman–Crippen MR) is 98.2 cm³/mol. The van der Waals surface area contributed by atoms with Gasteiger partial charge in [-0.1, -0.05) is 56.3 Å². The summed E-state index contributed by atoms with van der Waals surface area (Å²) >= 11 is 0.